The van der Waals surface area contributed by atoms with Crippen molar-refractivity contribution in [1.82, 2.24) is 0 Å². The Bertz CT molecular complexity index is 381. The van der Waals surface area contributed by atoms with E-state index < -0.39 is 0 Å². The van der Waals surface area contributed by atoms with Crippen molar-refractivity contribution in [3.05, 3.63) is 35.4 Å². The number of hydrogen-bond acceptors (Lipinski definition) is 1. The third kappa shape index (κ3) is 1.23. The third-order valence-corrected chi connectivity index (χ3v) is 3.76. The van der Waals surface area contributed by atoms with Gasteiger partial charge in [0.05, 0.1) is 11.6 Å². The summed E-state index contributed by atoms with van der Waals surface area (Å²) >= 11 is 0. The van der Waals surface area contributed by atoms with E-state index in [1.54, 1.807) is 0 Å². The molecule has 1 aliphatic carbocycles. The molecule has 2 atom stereocenters. The first-order valence-electron chi connectivity index (χ1n) is 5.07. The molecule has 1 aromatic carbocycles. The quantitative estimate of drug-likeness (QED) is 0.658. The van der Waals surface area contributed by atoms with Crippen LogP contribution in [0.15, 0.2) is 24.3 Å². The van der Waals surface area contributed by atoms with E-state index >= 15 is 0 Å². The minimum Gasteiger partial charge on any atom is -0.192 e. The van der Waals surface area contributed by atoms with Crippen molar-refractivity contribution in [2.75, 3.05) is 0 Å². The second kappa shape index (κ2) is 2.85. The van der Waals surface area contributed by atoms with Crippen molar-refractivity contribution in [2.45, 2.75) is 26.7 Å². The Balaban J connectivity index is 2.25. The van der Waals surface area contributed by atoms with Gasteiger partial charge in [-0.2, -0.15) is 5.26 Å². The van der Waals surface area contributed by atoms with Crippen LogP contribution in [0.5, 0.6) is 0 Å². The molecular formula is C13H15N. The number of nitriles is 1. The molecule has 0 heterocycles. The van der Waals surface area contributed by atoms with E-state index in [0.717, 1.165) is 11.5 Å². The van der Waals surface area contributed by atoms with Gasteiger partial charge in [0.2, 0.25) is 0 Å². The van der Waals surface area contributed by atoms with Crippen molar-refractivity contribution >= 4 is 0 Å². The first-order chi connectivity index (χ1) is 6.57. The molecule has 72 valence electrons. The van der Waals surface area contributed by atoms with Crippen LogP contribution in [-0.2, 0) is 0 Å². The Morgan fingerprint density at radius 1 is 1.21 bits per heavy atom. The van der Waals surface area contributed by atoms with E-state index in [-0.39, 0.29) is 0 Å². The zero-order chi connectivity index (χ0) is 10.3. The van der Waals surface area contributed by atoms with E-state index in [4.69, 9.17) is 5.26 Å². The van der Waals surface area contributed by atoms with Crippen molar-refractivity contribution in [2.24, 2.45) is 11.3 Å². The van der Waals surface area contributed by atoms with E-state index in [9.17, 15) is 0 Å². The lowest BCUT2D eigenvalue weighted by atomic mass is 10.0. The standard InChI is InChI=1S/C13H15N/c1-9-12(13(9,2)3)11-6-4-10(8-14)5-7-11/h4-7,9,12H,1-3H3/t9-,12-/m1/s1. The lowest BCUT2D eigenvalue weighted by Gasteiger charge is -2.02. The van der Waals surface area contributed by atoms with Crippen LogP contribution in [-0.4, -0.2) is 0 Å². The largest absolute Gasteiger partial charge is 0.192 e. The molecule has 1 fully saturated rings. The molecule has 2 rings (SSSR count). The van der Waals surface area contributed by atoms with Gasteiger partial charge in [-0.05, 0) is 34.9 Å². The molecule has 0 saturated heterocycles. The minimum absolute atomic E-state index is 0.439. The van der Waals surface area contributed by atoms with E-state index in [0.29, 0.717) is 11.3 Å². The Hall–Kier alpha value is -1.29. The van der Waals surface area contributed by atoms with Gasteiger partial charge >= 0.3 is 0 Å². The summed E-state index contributed by atoms with van der Waals surface area (Å²) in [6.07, 6.45) is 0. The van der Waals surface area contributed by atoms with Crippen molar-refractivity contribution in [1.29, 1.82) is 5.26 Å². The van der Waals surface area contributed by atoms with Crippen LogP contribution in [0.4, 0.5) is 0 Å². The summed E-state index contributed by atoms with van der Waals surface area (Å²) in [6, 6.07) is 10.2. The van der Waals surface area contributed by atoms with Gasteiger partial charge in [0.1, 0.15) is 0 Å². The highest BCUT2D eigenvalue weighted by Crippen LogP contribution is 2.63. The Labute approximate surface area is 85.4 Å². The molecule has 0 aromatic heterocycles. The monoisotopic (exact) mass is 185 g/mol. The SMILES string of the molecule is C[C@@H]1[C@H](c2ccc(C#N)cc2)C1(C)C. The summed E-state index contributed by atoms with van der Waals surface area (Å²) in [6.45, 7) is 6.91. The highest BCUT2D eigenvalue weighted by atomic mass is 14.6. The molecule has 1 saturated carbocycles. The fraction of sp³-hybridized carbons (Fsp3) is 0.462. The maximum absolute atomic E-state index is 8.69. The smallest absolute Gasteiger partial charge is 0.0991 e. The van der Waals surface area contributed by atoms with Gasteiger partial charge in [0.15, 0.2) is 0 Å². The van der Waals surface area contributed by atoms with Crippen molar-refractivity contribution in [3.8, 4) is 6.07 Å². The van der Waals surface area contributed by atoms with Gasteiger partial charge in [-0.3, -0.25) is 0 Å². The highest BCUT2D eigenvalue weighted by Gasteiger charge is 2.54. The van der Waals surface area contributed by atoms with Gasteiger partial charge in [-0.1, -0.05) is 32.9 Å². The number of benzene rings is 1. The molecule has 1 heteroatoms. The Morgan fingerprint density at radius 2 is 1.71 bits per heavy atom. The lowest BCUT2D eigenvalue weighted by Crippen LogP contribution is -1.89. The zero-order valence-electron chi connectivity index (χ0n) is 8.91. The molecule has 1 aromatic rings. The fourth-order valence-corrected chi connectivity index (χ4v) is 2.38. The first kappa shape index (κ1) is 9.27. The average Bonchev–Trinajstić information content (AvgIpc) is 2.67. The van der Waals surface area contributed by atoms with Crippen LogP contribution in [0, 0.1) is 22.7 Å². The Kier molecular flexibility index (Phi) is 1.89. The molecule has 0 amide bonds. The predicted octanol–water partition coefficient (Wildman–Crippen LogP) is 3.32. The van der Waals surface area contributed by atoms with Gasteiger partial charge in [0, 0.05) is 0 Å². The summed E-state index contributed by atoms with van der Waals surface area (Å²) < 4.78 is 0. The summed E-state index contributed by atoms with van der Waals surface area (Å²) in [5, 5.41) is 8.69. The van der Waals surface area contributed by atoms with Crippen LogP contribution in [0.1, 0.15) is 37.8 Å². The molecular weight excluding hydrogens is 170 g/mol. The molecule has 14 heavy (non-hydrogen) atoms. The molecule has 0 aliphatic heterocycles. The van der Waals surface area contributed by atoms with Crippen LogP contribution >= 0.6 is 0 Å². The van der Waals surface area contributed by atoms with E-state index in [2.05, 4.69) is 39.0 Å². The Morgan fingerprint density at radius 3 is 2.07 bits per heavy atom. The topological polar surface area (TPSA) is 23.8 Å². The second-order valence-electron chi connectivity index (χ2n) is 4.82. The summed E-state index contributed by atoms with van der Waals surface area (Å²) in [5.41, 5.74) is 2.56. The maximum atomic E-state index is 8.69. The molecule has 0 bridgehead atoms. The summed E-state index contributed by atoms with van der Waals surface area (Å²) in [4.78, 5) is 0. The average molecular weight is 185 g/mol. The molecule has 0 spiro atoms. The lowest BCUT2D eigenvalue weighted by molar-refractivity contribution is 0.575. The van der Waals surface area contributed by atoms with Crippen LogP contribution in [0.3, 0.4) is 0 Å². The van der Waals surface area contributed by atoms with Crippen LogP contribution in [0.2, 0.25) is 0 Å². The normalized spacial score (nSPS) is 28.1. The first-order valence-corrected chi connectivity index (χ1v) is 5.07. The second-order valence-corrected chi connectivity index (χ2v) is 4.82. The minimum atomic E-state index is 0.439. The van der Waals surface area contributed by atoms with Gasteiger partial charge in [0.25, 0.3) is 0 Å². The molecule has 0 N–H and O–H groups in total. The highest BCUT2D eigenvalue weighted by molar-refractivity contribution is 5.37. The fourth-order valence-electron chi connectivity index (χ4n) is 2.38. The van der Waals surface area contributed by atoms with Gasteiger partial charge in [-0.15, -0.1) is 0 Å². The van der Waals surface area contributed by atoms with E-state index in [1.165, 1.54) is 5.56 Å². The third-order valence-electron chi connectivity index (χ3n) is 3.76. The number of hydrogen-bond donors (Lipinski definition) is 0. The van der Waals surface area contributed by atoms with Crippen molar-refractivity contribution < 1.29 is 0 Å². The summed E-state index contributed by atoms with van der Waals surface area (Å²) in [5.74, 6) is 1.44. The van der Waals surface area contributed by atoms with Crippen LogP contribution < -0.4 is 0 Å². The predicted molar refractivity (Wildman–Crippen MR) is 56.8 cm³/mol. The molecule has 1 aliphatic rings. The molecule has 1 nitrogen and oxygen atoms in total. The number of rotatable bonds is 1. The van der Waals surface area contributed by atoms with Crippen molar-refractivity contribution in [3.63, 3.8) is 0 Å². The zero-order valence-corrected chi connectivity index (χ0v) is 8.91. The maximum Gasteiger partial charge on any atom is 0.0991 e. The summed E-state index contributed by atoms with van der Waals surface area (Å²) in [7, 11) is 0. The number of nitrogens with zero attached hydrogens (tertiary/aromatic N) is 1. The molecule has 0 unspecified atom stereocenters. The molecule has 0 radical (unpaired) electrons. The van der Waals surface area contributed by atoms with Crippen LogP contribution in [0.25, 0.3) is 0 Å². The van der Waals surface area contributed by atoms with Gasteiger partial charge in [-0.25, -0.2) is 0 Å². The van der Waals surface area contributed by atoms with E-state index in [1.807, 2.05) is 12.1 Å². The van der Waals surface area contributed by atoms with Gasteiger partial charge < -0.3 is 0 Å².